The second-order valence-electron chi connectivity index (χ2n) is 12.3. The van der Waals surface area contributed by atoms with Crippen LogP contribution < -0.4 is 4.74 Å². The SMILES string of the molecule is COc1ccc(C2=NC([C@H]3CC[C@H]4[C@@H]5CC=C6C[C@@H](O)CC[C@]6(C)[C@H]5CC[C@]34C)CCO2)cc1. The van der Waals surface area contributed by atoms with Gasteiger partial charge in [-0.15, -0.1) is 0 Å². The standard InChI is InChI=1S/C30H41NO3/c1-29-15-12-21(32)18-20(29)6-9-23-24-10-11-26(30(24,2)16-13-25(23)29)27-14-17-34-28(31-27)19-4-7-22(33-3)8-5-19/h4-8,21,23-27,32H,9-18H2,1-3H3/t21-,23-,24-,25-,26+,27?,29-,30-/m0/s1. The molecule has 6 rings (SSSR count). The number of ether oxygens (including phenoxy) is 2. The minimum Gasteiger partial charge on any atom is -0.497 e. The Bertz CT molecular complexity index is 983. The number of allylic oxidation sites excluding steroid dienone is 1. The highest BCUT2D eigenvalue weighted by Crippen LogP contribution is 2.67. The third kappa shape index (κ3) is 3.46. The summed E-state index contributed by atoms with van der Waals surface area (Å²) in [7, 11) is 1.70. The summed E-state index contributed by atoms with van der Waals surface area (Å²) in [6, 6.07) is 8.49. The van der Waals surface area contributed by atoms with Crippen LogP contribution in [0, 0.1) is 34.5 Å². The molecule has 34 heavy (non-hydrogen) atoms. The van der Waals surface area contributed by atoms with Gasteiger partial charge in [0.15, 0.2) is 0 Å². The van der Waals surface area contributed by atoms with E-state index in [0.29, 0.717) is 22.8 Å². The van der Waals surface area contributed by atoms with Gasteiger partial charge in [0.05, 0.1) is 25.9 Å². The molecule has 4 aliphatic carbocycles. The molecule has 8 atom stereocenters. The molecule has 1 aromatic rings. The van der Waals surface area contributed by atoms with Gasteiger partial charge in [-0.05, 0) is 110 Å². The van der Waals surface area contributed by atoms with Gasteiger partial charge < -0.3 is 14.6 Å². The Morgan fingerprint density at radius 2 is 1.76 bits per heavy atom. The lowest BCUT2D eigenvalue weighted by Gasteiger charge is -2.58. The molecule has 0 radical (unpaired) electrons. The van der Waals surface area contributed by atoms with Gasteiger partial charge in [0, 0.05) is 12.0 Å². The van der Waals surface area contributed by atoms with E-state index in [9.17, 15) is 5.11 Å². The number of benzene rings is 1. The van der Waals surface area contributed by atoms with Crippen LogP contribution in [0.5, 0.6) is 5.75 Å². The summed E-state index contributed by atoms with van der Waals surface area (Å²) >= 11 is 0. The van der Waals surface area contributed by atoms with Crippen molar-refractivity contribution in [3.63, 3.8) is 0 Å². The van der Waals surface area contributed by atoms with Gasteiger partial charge in [0.2, 0.25) is 5.90 Å². The molecule has 1 N–H and O–H groups in total. The highest BCUT2D eigenvalue weighted by molar-refractivity contribution is 5.94. The second-order valence-corrected chi connectivity index (χ2v) is 12.3. The normalized spacial score (nSPS) is 43.5. The van der Waals surface area contributed by atoms with Gasteiger partial charge in [0.1, 0.15) is 5.75 Å². The lowest BCUT2D eigenvalue weighted by molar-refractivity contribution is -0.0539. The van der Waals surface area contributed by atoms with Gasteiger partial charge >= 0.3 is 0 Å². The van der Waals surface area contributed by atoms with E-state index in [4.69, 9.17) is 14.5 Å². The molecule has 0 amide bonds. The van der Waals surface area contributed by atoms with Crippen molar-refractivity contribution in [2.45, 2.75) is 83.8 Å². The largest absolute Gasteiger partial charge is 0.497 e. The van der Waals surface area contributed by atoms with E-state index in [2.05, 4.69) is 32.1 Å². The number of hydrogen-bond acceptors (Lipinski definition) is 4. The van der Waals surface area contributed by atoms with Crippen LogP contribution in [0.1, 0.15) is 77.2 Å². The Morgan fingerprint density at radius 3 is 2.56 bits per heavy atom. The van der Waals surface area contributed by atoms with Gasteiger partial charge in [-0.3, -0.25) is 0 Å². The molecular weight excluding hydrogens is 422 g/mol. The zero-order valence-electron chi connectivity index (χ0n) is 21.1. The Kier molecular flexibility index (Phi) is 5.59. The van der Waals surface area contributed by atoms with Crippen molar-refractivity contribution in [3.8, 4) is 5.75 Å². The third-order valence-electron chi connectivity index (χ3n) is 10.9. The number of hydrogen-bond donors (Lipinski definition) is 1. The predicted octanol–water partition coefficient (Wildman–Crippen LogP) is 6.17. The summed E-state index contributed by atoms with van der Waals surface area (Å²) in [5.74, 6) is 4.74. The van der Waals surface area contributed by atoms with Crippen molar-refractivity contribution in [2.75, 3.05) is 13.7 Å². The maximum atomic E-state index is 10.3. The molecule has 1 heterocycles. The minimum atomic E-state index is -0.119. The molecule has 1 unspecified atom stereocenters. The van der Waals surface area contributed by atoms with E-state index in [1.54, 1.807) is 12.7 Å². The van der Waals surface area contributed by atoms with Gasteiger partial charge in [0.25, 0.3) is 0 Å². The van der Waals surface area contributed by atoms with Crippen LogP contribution in [-0.2, 0) is 4.74 Å². The van der Waals surface area contributed by atoms with Gasteiger partial charge in [-0.2, -0.15) is 0 Å². The Morgan fingerprint density at radius 1 is 0.971 bits per heavy atom. The Balaban J connectivity index is 1.25. The predicted molar refractivity (Wildman–Crippen MR) is 135 cm³/mol. The van der Waals surface area contributed by atoms with Crippen molar-refractivity contribution < 1.29 is 14.6 Å². The van der Waals surface area contributed by atoms with Crippen LogP contribution in [0.15, 0.2) is 40.9 Å². The molecule has 1 aliphatic heterocycles. The number of nitrogens with zero attached hydrogens (tertiary/aromatic N) is 1. The van der Waals surface area contributed by atoms with Crippen LogP contribution in [0.3, 0.4) is 0 Å². The number of aliphatic hydroxyl groups excluding tert-OH is 1. The van der Waals surface area contributed by atoms with Crippen molar-refractivity contribution in [1.29, 1.82) is 0 Å². The molecular formula is C30H41NO3. The summed E-state index contributed by atoms with van der Waals surface area (Å²) in [4.78, 5) is 5.23. The van der Waals surface area contributed by atoms with Crippen molar-refractivity contribution in [3.05, 3.63) is 41.5 Å². The molecule has 0 saturated heterocycles. The van der Waals surface area contributed by atoms with E-state index < -0.39 is 0 Å². The first kappa shape index (κ1) is 22.6. The van der Waals surface area contributed by atoms with Crippen molar-refractivity contribution in [1.82, 2.24) is 0 Å². The highest BCUT2D eigenvalue weighted by Gasteiger charge is 2.59. The van der Waals surface area contributed by atoms with Crippen LogP contribution in [0.4, 0.5) is 0 Å². The maximum Gasteiger partial charge on any atom is 0.216 e. The molecule has 1 aromatic carbocycles. The number of methoxy groups -OCH3 is 1. The monoisotopic (exact) mass is 463 g/mol. The third-order valence-corrected chi connectivity index (χ3v) is 10.9. The van der Waals surface area contributed by atoms with E-state index in [1.807, 2.05) is 12.1 Å². The Hall–Kier alpha value is -1.81. The molecule has 0 spiro atoms. The molecule has 3 saturated carbocycles. The first-order valence-electron chi connectivity index (χ1n) is 13.6. The second kappa shape index (κ2) is 8.40. The lowest BCUT2D eigenvalue weighted by atomic mass is 9.47. The van der Waals surface area contributed by atoms with Crippen molar-refractivity contribution >= 4 is 5.90 Å². The Labute approximate surface area is 204 Å². The molecule has 0 bridgehead atoms. The van der Waals surface area contributed by atoms with E-state index in [0.717, 1.165) is 60.8 Å². The fourth-order valence-electron chi connectivity index (χ4n) is 9.03. The summed E-state index contributed by atoms with van der Waals surface area (Å²) < 4.78 is 11.4. The first-order valence-corrected chi connectivity index (χ1v) is 13.6. The fourth-order valence-corrected chi connectivity index (χ4v) is 9.03. The topological polar surface area (TPSA) is 51.0 Å². The van der Waals surface area contributed by atoms with Crippen LogP contribution in [-0.4, -0.2) is 36.9 Å². The number of aliphatic hydroxyl groups is 1. The molecule has 3 fully saturated rings. The zero-order chi connectivity index (χ0) is 23.5. The number of aliphatic imine (C=N–C) groups is 1. The van der Waals surface area contributed by atoms with Crippen molar-refractivity contribution in [2.24, 2.45) is 39.5 Å². The summed E-state index contributed by atoms with van der Waals surface area (Å²) in [6.45, 7) is 5.90. The van der Waals surface area contributed by atoms with Gasteiger partial charge in [-0.1, -0.05) is 25.5 Å². The number of rotatable bonds is 3. The average molecular weight is 464 g/mol. The molecule has 4 nitrogen and oxygen atoms in total. The average Bonchev–Trinajstić information content (AvgIpc) is 3.22. The molecule has 0 aromatic heterocycles. The summed E-state index contributed by atoms with van der Waals surface area (Å²) in [5.41, 5.74) is 3.34. The summed E-state index contributed by atoms with van der Waals surface area (Å²) in [6.07, 6.45) is 13.1. The van der Waals surface area contributed by atoms with Crippen LogP contribution in [0.2, 0.25) is 0 Å². The maximum absolute atomic E-state index is 10.3. The quantitative estimate of drug-likeness (QED) is 0.545. The first-order chi connectivity index (χ1) is 16.4. The van der Waals surface area contributed by atoms with Crippen LogP contribution >= 0.6 is 0 Å². The minimum absolute atomic E-state index is 0.119. The van der Waals surface area contributed by atoms with Gasteiger partial charge in [-0.25, -0.2) is 4.99 Å². The zero-order valence-corrected chi connectivity index (χ0v) is 21.1. The molecule has 184 valence electrons. The smallest absolute Gasteiger partial charge is 0.216 e. The molecule has 5 aliphatic rings. The lowest BCUT2D eigenvalue weighted by Crippen LogP contribution is -2.51. The highest BCUT2D eigenvalue weighted by atomic mass is 16.5. The summed E-state index contributed by atoms with van der Waals surface area (Å²) in [5, 5.41) is 10.3. The van der Waals surface area contributed by atoms with E-state index >= 15 is 0 Å². The van der Waals surface area contributed by atoms with Crippen LogP contribution in [0.25, 0.3) is 0 Å². The molecule has 4 heteroatoms. The van der Waals surface area contributed by atoms with E-state index in [1.165, 1.54) is 38.5 Å². The fraction of sp³-hybridized carbons (Fsp3) is 0.700. The number of fused-ring (bicyclic) bond motifs is 5. The van der Waals surface area contributed by atoms with E-state index in [-0.39, 0.29) is 6.10 Å².